The second-order valence-electron chi connectivity index (χ2n) is 4.25. The maximum absolute atomic E-state index is 4.64. The molecule has 0 aromatic carbocycles. The second-order valence-corrected chi connectivity index (χ2v) is 4.25. The van der Waals surface area contributed by atoms with Gasteiger partial charge in [-0.2, -0.15) is 0 Å². The Morgan fingerprint density at radius 2 is 2.20 bits per heavy atom. The summed E-state index contributed by atoms with van der Waals surface area (Å²) in [6, 6.07) is 2.02. The number of aromatic nitrogens is 2. The smallest absolute Gasteiger partial charge is 0.133 e. The Hall–Kier alpha value is -1.38. The summed E-state index contributed by atoms with van der Waals surface area (Å²) >= 11 is 0. The first-order valence-corrected chi connectivity index (χ1v) is 5.66. The lowest BCUT2D eigenvalue weighted by Crippen LogP contribution is -2.27. The van der Waals surface area contributed by atoms with E-state index in [1.807, 2.05) is 12.3 Å². The molecule has 0 unspecified atom stereocenters. The summed E-state index contributed by atoms with van der Waals surface area (Å²) in [5, 5.41) is 0. The lowest BCUT2D eigenvalue weighted by Gasteiger charge is -2.24. The Morgan fingerprint density at radius 3 is 2.93 bits per heavy atom. The van der Waals surface area contributed by atoms with Crippen molar-refractivity contribution in [2.24, 2.45) is 0 Å². The van der Waals surface area contributed by atoms with E-state index >= 15 is 0 Å². The van der Waals surface area contributed by atoms with E-state index in [0.29, 0.717) is 5.92 Å². The Kier molecular flexibility index (Phi) is 2.16. The van der Waals surface area contributed by atoms with Gasteiger partial charge in [0.2, 0.25) is 0 Å². The van der Waals surface area contributed by atoms with Gasteiger partial charge in [-0.25, -0.2) is 9.97 Å². The van der Waals surface area contributed by atoms with Crippen LogP contribution in [-0.2, 0) is 0 Å². The van der Waals surface area contributed by atoms with E-state index in [2.05, 4.69) is 27.0 Å². The van der Waals surface area contributed by atoms with Crippen LogP contribution in [0.2, 0.25) is 0 Å². The summed E-state index contributed by atoms with van der Waals surface area (Å²) in [7, 11) is 0. The minimum Gasteiger partial charge on any atom is -0.352 e. The van der Waals surface area contributed by atoms with Crippen molar-refractivity contribution in [2.75, 3.05) is 18.0 Å². The zero-order chi connectivity index (χ0) is 10.1. The van der Waals surface area contributed by atoms with Crippen LogP contribution in [0.1, 0.15) is 31.0 Å². The van der Waals surface area contributed by atoms with Gasteiger partial charge in [-0.05, 0) is 25.3 Å². The van der Waals surface area contributed by atoms with Crippen molar-refractivity contribution in [1.29, 1.82) is 0 Å². The van der Waals surface area contributed by atoms with Crippen molar-refractivity contribution < 1.29 is 0 Å². The van der Waals surface area contributed by atoms with Crippen LogP contribution in [0.25, 0.3) is 0 Å². The zero-order valence-corrected chi connectivity index (χ0v) is 8.76. The average Bonchev–Trinajstić information content (AvgIpc) is 3.14. The molecule has 3 nitrogen and oxygen atoms in total. The molecular weight excluding hydrogens is 186 g/mol. The quantitative estimate of drug-likeness (QED) is 0.686. The lowest BCUT2D eigenvalue weighted by molar-refractivity contribution is 0.790. The highest BCUT2D eigenvalue weighted by molar-refractivity contribution is 5.40. The minimum atomic E-state index is 0.644. The molecule has 1 aromatic heterocycles. The summed E-state index contributed by atoms with van der Waals surface area (Å²) in [6.07, 6.45) is 10.0. The Balaban J connectivity index is 1.83. The van der Waals surface area contributed by atoms with Crippen LogP contribution in [0.15, 0.2) is 24.4 Å². The molecule has 1 aliphatic carbocycles. The van der Waals surface area contributed by atoms with Crippen molar-refractivity contribution in [3.05, 3.63) is 30.2 Å². The van der Waals surface area contributed by atoms with Crippen LogP contribution in [0.5, 0.6) is 0 Å². The molecule has 1 aliphatic heterocycles. The SMILES string of the molecule is C1=CCN(c2ccnc(C3CC3)n2)CC1. The fraction of sp³-hybridized carbons (Fsp3) is 0.500. The molecule has 0 bridgehead atoms. The lowest BCUT2D eigenvalue weighted by atomic mass is 10.2. The van der Waals surface area contributed by atoms with Crippen molar-refractivity contribution in [3.8, 4) is 0 Å². The maximum atomic E-state index is 4.64. The number of rotatable bonds is 2. The largest absolute Gasteiger partial charge is 0.352 e. The Bertz CT molecular complexity index is 382. The van der Waals surface area contributed by atoms with Gasteiger partial charge < -0.3 is 4.90 Å². The maximum Gasteiger partial charge on any atom is 0.133 e. The Morgan fingerprint density at radius 1 is 1.27 bits per heavy atom. The third-order valence-corrected chi connectivity index (χ3v) is 2.98. The van der Waals surface area contributed by atoms with Gasteiger partial charge >= 0.3 is 0 Å². The Labute approximate surface area is 89.8 Å². The molecule has 2 aliphatic rings. The van der Waals surface area contributed by atoms with Crippen LogP contribution in [0, 0.1) is 0 Å². The molecule has 2 heterocycles. The molecule has 78 valence electrons. The molecule has 0 atom stereocenters. The third-order valence-electron chi connectivity index (χ3n) is 2.98. The summed E-state index contributed by atoms with van der Waals surface area (Å²) in [5.74, 6) is 2.78. The summed E-state index contributed by atoms with van der Waals surface area (Å²) in [5.41, 5.74) is 0. The minimum absolute atomic E-state index is 0.644. The summed E-state index contributed by atoms with van der Waals surface area (Å²) in [4.78, 5) is 11.3. The fourth-order valence-corrected chi connectivity index (χ4v) is 1.93. The molecule has 3 rings (SSSR count). The van der Waals surface area contributed by atoms with Crippen LogP contribution < -0.4 is 4.90 Å². The summed E-state index contributed by atoms with van der Waals surface area (Å²) in [6.45, 7) is 2.07. The standard InChI is InChI=1S/C12H15N3/c1-2-8-15(9-3-1)11-6-7-13-12(14-11)10-4-5-10/h1-2,6-7,10H,3-5,8-9H2. The molecule has 0 saturated heterocycles. The van der Waals surface area contributed by atoms with Gasteiger partial charge in [0.1, 0.15) is 11.6 Å². The molecular formula is C12H15N3. The van der Waals surface area contributed by atoms with Gasteiger partial charge in [0.05, 0.1) is 0 Å². The van der Waals surface area contributed by atoms with E-state index < -0.39 is 0 Å². The first kappa shape index (κ1) is 8.89. The molecule has 0 spiro atoms. The molecule has 0 amide bonds. The van der Waals surface area contributed by atoms with E-state index in [1.165, 1.54) is 12.8 Å². The predicted molar refractivity (Wildman–Crippen MR) is 60.0 cm³/mol. The number of hydrogen-bond acceptors (Lipinski definition) is 3. The fourth-order valence-electron chi connectivity index (χ4n) is 1.93. The van der Waals surface area contributed by atoms with Crippen LogP contribution >= 0.6 is 0 Å². The normalized spacial score (nSPS) is 20.7. The van der Waals surface area contributed by atoms with Crippen molar-refractivity contribution in [2.45, 2.75) is 25.2 Å². The van der Waals surface area contributed by atoms with E-state index in [4.69, 9.17) is 0 Å². The van der Waals surface area contributed by atoms with E-state index in [1.54, 1.807) is 0 Å². The van der Waals surface area contributed by atoms with Gasteiger partial charge in [0, 0.05) is 25.2 Å². The molecule has 0 N–H and O–H groups in total. The molecule has 3 heteroatoms. The van der Waals surface area contributed by atoms with Crippen molar-refractivity contribution in [3.63, 3.8) is 0 Å². The van der Waals surface area contributed by atoms with Crippen LogP contribution in [0.3, 0.4) is 0 Å². The van der Waals surface area contributed by atoms with E-state index in [0.717, 1.165) is 31.2 Å². The van der Waals surface area contributed by atoms with Gasteiger partial charge in [-0.1, -0.05) is 12.2 Å². The van der Waals surface area contributed by atoms with E-state index in [9.17, 15) is 0 Å². The highest BCUT2D eigenvalue weighted by Crippen LogP contribution is 2.38. The second kappa shape index (κ2) is 3.65. The van der Waals surface area contributed by atoms with Crippen LogP contribution in [0.4, 0.5) is 5.82 Å². The predicted octanol–water partition coefficient (Wildman–Crippen LogP) is 2.12. The molecule has 0 radical (unpaired) electrons. The van der Waals surface area contributed by atoms with Gasteiger partial charge in [0.25, 0.3) is 0 Å². The highest BCUT2D eigenvalue weighted by atomic mass is 15.2. The van der Waals surface area contributed by atoms with Gasteiger partial charge in [0.15, 0.2) is 0 Å². The summed E-state index contributed by atoms with van der Waals surface area (Å²) < 4.78 is 0. The van der Waals surface area contributed by atoms with Gasteiger partial charge in [-0.15, -0.1) is 0 Å². The highest BCUT2D eigenvalue weighted by Gasteiger charge is 2.26. The molecule has 15 heavy (non-hydrogen) atoms. The number of anilines is 1. The average molecular weight is 201 g/mol. The van der Waals surface area contributed by atoms with Crippen molar-refractivity contribution >= 4 is 5.82 Å². The van der Waals surface area contributed by atoms with Crippen LogP contribution in [-0.4, -0.2) is 23.1 Å². The first-order valence-electron chi connectivity index (χ1n) is 5.66. The topological polar surface area (TPSA) is 29.0 Å². The zero-order valence-electron chi connectivity index (χ0n) is 8.76. The molecule has 1 saturated carbocycles. The molecule has 1 aromatic rings. The van der Waals surface area contributed by atoms with E-state index in [-0.39, 0.29) is 0 Å². The number of nitrogens with zero attached hydrogens (tertiary/aromatic N) is 3. The third kappa shape index (κ3) is 1.87. The number of hydrogen-bond donors (Lipinski definition) is 0. The van der Waals surface area contributed by atoms with Crippen molar-refractivity contribution in [1.82, 2.24) is 9.97 Å². The molecule has 1 fully saturated rings. The monoisotopic (exact) mass is 201 g/mol. The first-order chi connectivity index (χ1) is 7.43. The van der Waals surface area contributed by atoms with Gasteiger partial charge in [-0.3, -0.25) is 0 Å².